The van der Waals surface area contributed by atoms with Crippen LogP contribution in [0.2, 0.25) is 0 Å². The first-order valence-electron chi connectivity index (χ1n) is 11.3. The second kappa shape index (κ2) is 11.9. The fraction of sp³-hybridized carbons (Fsp3) is 0.462. The average Bonchev–Trinajstić information content (AvgIpc) is 3.28. The molecular weight excluding hydrogens is 404 g/mol. The number of thioether (sulfide) groups is 1. The fourth-order valence-electron chi connectivity index (χ4n) is 4.17. The van der Waals surface area contributed by atoms with Gasteiger partial charge in [-0.25, -0.2) is 0 Å². The predicted molar refractivity (Wildman–Crippen MR) is 129 cm³/mol. The molecule has 0 bridgehead atoms. The van der Waals surface area contributed by atoms with Crippen molar-refractivity contribution in [2.75, 3.05) is 5.75 Å². The molecule has 0 heterocycles. The van der Waals surface area contributed by atoms with E-state index < -0.39 is 6.04 Å². The summed E-state index contributed by atoms with van der Waals surface area (Å²) in [6, 6.07) is 18.1. The van der Waals surface area contributed by atoms with Gasteiger partial charge in [-0.3, -0.25) is 9.59 Å². The van der Waals surface area contributed by atoms with Crippen LogP contribution >= 0.6 is 11.8 Å². The third-order valence-electron chi connectivity index (χ3n) is 6.03. The first-order chi connectivity index (χ1) is 15.1. The molecule has 0 saturated heterocycles. The van der Waals surface area contributed by atoms with Crippen molar-refractivity contribution >= 4 is 23.6 Å². The van der Waals surface area contributed by atoms with Crippen molar-refractivity contribution < 1.29 is 9.59 Å². The molecule has 0 aromatic heterocycles. The van der Waals surface area contributed by atoms with Gasteiger partial charge >= 0.3 is 0 Å². The Labute approximate surface area is 190 Å². The van der Waals surface area contributed by atoms with E-state index in [2.05, 4.69) is 30.4 Å². The Hall–Kier alpha value is -2.27. The van der Waals surface area contributed by atoms with Crippen LogP contribution in [0.1, 0.15) is 55.7 Å². The molecule has 1 aliphatic carbocycles. The first-order valence-corrected chi connectivity index (χ1v) is 12.5. The Morgan fingerprint density at radius 3 is 2.42 bits per heavy atom. The number of rotatable bonds is 10. The highest BCUT2D eigenvalue weighted by Crippen LogP contribution is 2.21. The molecule has 1 saturated carbocycles. The monoisotopic (exact) mass is 438 g/mol. The molecule has 1 atom stereocenters. The van der Waals surface area contributed by atoms with Crippen molar-refractivity contribution in [3.05, 3.63) is 71.3 Å². The van der Waals surface area contributed by atoms with Crippen LogP contribution < -0.4 is 5.32 Å². The van der Waals surface area contributed by atoms with Crippen LogP contribution in [0.15, 0.2) is 54.6 Å². The lowest BCUT2D eigenvalue weighted by molar-refractivity contribution is -0.139. The second-order valence-corrected chi connectivity index (χ2v) is 9.33. The minimum absolute atomic E-state index is 0.00982. The van der Waals surface area contributed by atoms with Crippen molar-refractivity contribution in [1.82, 2.24) is 10.2 Å². The highest BCUT2D eigenvalue weighted by atomic mass is 32.2. The van der Waals surface area contributed by atoms with Crippen LogP contribution in [0, 0.1) is 6.92 Å². The number of nitrogens with zero attached hydrogens (tertiary/aromatic N) is 1. The normalized spacial score (nSPS) is 14.9. The van der Waals surface area contributed by atoms with Gasteiger partial charge in [-0.15, -0.1) is 11.8 Å². The summed E-state index contributed by atoms with van der Waals surface area (Å²) in [5.41, 5.74) is 3.44. The maximum atomic E-state index is 13.3. The second-order valence-electron chi connectivity index (χ2n) is 8.34. The van der Waals surface area contributed by atoms with Crippen LogP contribution in [-0.2, 0) is 21.9 Å². The Morgan fingerprint density at radius 2 is 1.74 bits per heavy atom. The summed E-state index contributed by atoms with van der Waals surface area (Å²) in [7, 11) is 0. The van der Waals surface area contributed by atoms with Gasteiger partial charge in [0.15, 0.2) is 0 Å². The van der Waals surface area contributed by atoms with E-state index in [1.807, 2.05) is 43.3 Å². The van der Waals surface area contributed by atoms with E-state index >= 15 is 0 Å². The molecule has 31 heavy (non-hydrogen) atoms. The minimum atomic E-state index is -0.440. The molecule has 0 aliphatic heterocycles. The maximum absolute atomic E-state index is 13.3. The zero-order valence-corrected chi connectivity index (χ0v) is 19.5. The Kier molecular flexibility index (Phi) is 9.01. The summed E-state index contributed by atoms with van der Waals surface area (Å²) in [6.07, 6.45) is 5.04. The number of hydrogen-bond donors (Lipinski definition) is 1. The fourth-order valence-corrected chi connectivity index (χ4v) is 5.04. The largest absolute Gasteiger partial charge is 0.352 e. The Bertz CT molecular complexity index is 849. The number of amides is 2. The van der Waals surface area contributed by atoms with Crippen LogP contribution in [0.5, 0.6) is 0 Å². The average molecular weight is 439 g/mol. The topological polar surface area (TPSA) is 49.4 Å². The highest BCUT2D eigenvalue weighted by molar-refractivity contribution is 7.99. The van der Waals surface area contributed by atoms with Gasteiger partial charge in [0, 0.05) is 18.3 Å². The molecule has 1 fully saturated rings. The van der Waals surface area contributed by atoms with Crippen LogP contribution in [0.25, 0.3) is 0 Å². The summed E-state index contributed by atoms with van der Waals surface area (Å²) < 4.78 is 0. The molecule has 1 aliphatic rings. The Balaban J connectivity index is 1.71. The van der Waals surface area contributed by atoms with Gasteiger partial charge in [0.05, 0.1) is 5.75 Å². The van der Waals surface area contributed by atoms with Gasteiger partial charge < -0.3 is 10.2 Å². The predicted octanol–water partition coefficient (Wildman–Crippen LogP) is 5.09. The highest BCUT2D eigenvalue weighted by Gasteiger charge is 2.30. The standard InChI is InChI=1S/C26H34N2O2S/c1-3-24(26(30)27-23-15-9-10-16-23)28(17-22-14-8-7-11-20(22)2)25(29)19-31-18-21-12-5-4-6-13-21/h4-8,11-14,23-24H,3,9-10,15-19H2,1-2H3,(H,27,30)/t24-/m0/s1. The molecule has 5 heteroatoms. The first kappa shape index (κ1) is 23.4. The molecule has 2 aromatic carbocycles. The van der Waals surface area contributed by atoms with Crippen molar-refractivity contribution in [3.63, 3.8) is 0 Å². The van der Waals surface area contributed by atoms with Crippen molar-refractivity contribution in [3.8, 4) is 0 Å². The minimum Gasteiger partial charge on any atom is -0.352 e. The number of nitrogens with one attached hydrogen (secondary N) is 1. The number of hydrogen-bond acceptors (Lipinski definition) is 3. The van der Waals surface area contributed by atoms with Gasteiger partial charge in [-0.05, 0) is 42.9 Å². The molecule has 0 spiro atoms. The van der Waals surface area contributed by atoms with E-state index in [0.29, 0.717) is 18.7 Å². The summed E-state index contributed by atoms with van der Waals surface area (Å²) in [5.74, 6) is 1.17. The van der Waals surface area contributed by atoms with E-state index in [1.54, 1.807) is 16.7 Å². The summed E-state index contributed by atoms with van der Waals surface area (Å²) >= 11 is 1.61. The Morgan fingerprint density at radius 1 is 1.06 bits per heavy atom. The number of carbonyl (C=O) groups excluding carboxylic acids is 2. The lowest BCUT2D eigenvalue weighted by atomic mass is 10.1. The molecule has 3 rings (SSSR count). The van der Waals surface area contributed by atoms with Crippen LogP contribution in [-0.4, -0.2) is 34.6 Å². The van der Waals surface area contributed by atoms with E-state index in [1.165, 1.54) is 18.4 Å². The molecule has 2 amide bonds. The summed E-state index contributed by atoms with van der Waals surface area (Å²) in [5, 5.41) is 3.21. The molecule has 0 unspecified atom stereocenters. The van der Waals surface area contributed by atoms with E-state index in [9.17, 15) is 9.59 Å². The van der Waals surface area contributed by atoms with E-state index in [4.69, 9.17) is 0 Å². The summed E-state index contributed by atoms with van der Waals surface area (Å²) in [4.78, 5) is 28.2. The number of aryl methyl sites for hydroxylation is 1. The van der Waals surface area contributed by atoms with Gasteiger partial charge in [-0.2, -0.15) is 0 Å². The van der Waals surface area contributed by atoms with E-state index in [-0.39, 0.29) is 17.9 Å². The number of benzene rings is 2. The molecular formula is C26H34N2O2S. The third kappa shape index (κ3) is 6.86. The van der Waals surface area contributed by atoms with Gasteiger partial charge in [0.2, 0.25) is 11.8 Å². The molecule has 2 aromatic rings. The van der Waals surface area contributed by atoms with Gasteiger partial charge in [0.1, 0.15) is 6.04 Å². The van der Waals surface area contributed by atoms with E-state index in [0.717, 1.165) is 29.7 Å². The van der Waals surface area contributed by atoms with Crippen molar-refractivity contribution in [2.24, 2.45) is 0 Å². The van der Waals surface area contributed by atoms with Gasteiger partial charge in [-0.1, -0.05) is 74.4 Å². The lowest BCUT2D eigenvalue weighted by Gasteiger charge is -2.32. The quantitative estimate of drug-likeness (QED) is 0.562. The third-order valence-corrected chi connectivity index (χ3v) is 7.02. The molecule has 0 radical (unpaired) electrons. The smallest absolute Gasteiger partial charge is 0.243 e. The van der Waals surface area contributed by atoms with Gasteiger partial charge in [0.25, 0.3) is 0 Å². The SMILES string of the molecule is CC[C@@H](C(=O)NC1CCCC1)N(Cc1ccccc1C)C(=O)CSCc1ccccc1. The maximum Gasteiger partial charge on any atom is 0.243 e. The number of carbonyl (C=O) groups is 2. The lowest BCUT2D eigenvalue weighted by Crippen LogP contribution is -2.51. The molecule has 1 N–H and O–H groups in total. The van der Waals surface area contributed by atoms with Crippen molar-refractivity contribution in [1.29, 1.82) is 0 Å². The molecule has 166 valence electrons. The zero-order valence-electron chi connectivity index (χ0n) is 18.7. The molecule has 4 nitrogen and oxygen atoms in total. The summed E-state index contributed by atoms with van der Waals surface area (Å²) in [6.45, 7) is 4.52. The van der Waals surface area contributed by atoms with Crippen LogP contribution in [0.4, 0.5) is 0 Å². The van der Waals surface area contributed by atoms with Crippen molar-refractivity contribution in [2.45, 2.75) is 70.3 Å². The van der Waals surface area contributed by atoms with Crippen LogP contribution in [0.3, 0.4) is 0 Å². The zero-order chi connectivity index (χ0) is 22.1.